The summed E-state index contributed by atoms with van der Waals surface area (Å²) in [6.45, 7) is 0. The van der Waals surface area contributed by atoms with Gasteiger partial charge in [-0.25, -0.2) is 8.78 Å². The first-order valence-electron chi connectivity index (χ1n) is 5.43. The minimum atomic E-state index is -0.761. The molecule has 0 aliphatic carbocycles. The lowest BCUT2D eigenvalue weighted by atomic mass is 9.92. The molecular formula is C12H15F2NS. The van der Waals surface area contributed by atoms with Gasteiger partial charge in [-0.05, 0) is 37.0 Å². The molecule has 1 fully saturated rings. The Hall–Kier alpha value is -0.610. The SMILES string of the molecule is CNC(c1cccc(F)c1F)C1CCSC1. The summed E-state index contributed by atoms with van der Waals surface area (Å²) in [7, 11) is 1.80. The van der Waals surface area contributed by atoms with E-state index in [0.29, 0.717) is 11.5 Å². The molecule has 0 bridgehead atoms. The van der Waals surface area contributed by atoms with Crippen LogP contribution >= 0.6 is 11.8 Å². The first kappa shape index (κ1) is 11.9. The van der Waals surface area contributed by atoms with E-state index >= 15 is 0 Å². The summed E-state index contributed by atoms with van der Waals surface area (Å²) >= 11 is 1.87. The van der Waals surface area contributed by atoms with Crippen molar-refractivity contribution in [3.63, 3.8) is 0 Å². The number of benzene rings is 1. The summed E-state index contributed by atoms with van der Waals surface area (Å²) in [6, 6.07) is 4.32. The van der Waals surface area contributed by atoms with Gasteiger partial charge in [-0.15, -0.1) is 0 Å². The van der Waals surface area contributed by atoms with Crippen LogP contribution in [0.5, 0.6) is 0 Å². The predicted octanol–water partition coefficient (Wildman–Crippen LogP) is 2.98. The molecule has 2 unspecified atom stereocenters. The fraction of sp³-hybridized carbons (Fsp3) is 0.500. The van der Waals surface area contributed by atoms with Crippen LogP contribution in [-0.4, -0.2) is 18.6 Å². The third-order valence-electron chi connectivity index (χ3n) is 3.06. The van der Waals surface area contributed by atoms with Gasteiger partial charge in [0.15, 0.2) is 11.6 Å². The second-order valence-electron chi connectivity index (χ2n) is 4.03. The van der Waals surface area contributed by atoms with Gasteiger partial charge < -0.3 is 5.32 Å². The Balaban J connectivity index is 2.28. The summed E-state index contributed by atoms with van der Waals surface area (Å²) in [6.07, 6.45) is 1.06. The van der Waals surface area contributed by atoms with E-state index in [-0.39, 0.29) is 6.04 Å². The highest BCUT2D eigenvalue weighted by molar-refractivity contribution is 7.99. The Morgan fingerprint density at radius 3 is 2.88 bits per heavy atom. The van der Waals surface area contributed by atoms with Gasteiger partial charge in [0, 0.05) is 11.6 Å². The van der Waals surface area contributed by atoms with Crippen LogP contribution in [0.25, 0.3) is 0 Å². The van der Waals surface area contributed by atoms with Gasteiger partial charge in [-0.1, -0.05) is 12.1 Å². The van der Waals surface area contributed by atoms with Gasteiger partial charge in [0.05, 0.1) is 0 Å². The zero-order valence-electron chi connectivity index (χ0n) is 9.17. The van der Waals surface area contributed by atoms with Crippen LogP contribution in [0, 0.1) is 17.6 Å². The van der Waals surface area contributed by atoms with Crippen LogP contribution in [0.2, 0.25) is 0 Å². The number of rotatable bonds is 3. The summed E-state index contributed by atoms with van der Waals surface area (Å²) in [5, 5.41) is 3.11. The van der Waals surface area contributed by atoms with Crippen molar-refractivity contribution in [2.45, 2.75) is 12.5 Å². The topological polar surface area (TPSA) is 12.0 Å². The predicted molar refractivity (Wildman–Crippen MR) is 63.6 cm³/mol. The molecule has 0 spiro atoms. The molecule has 0 radical (unpaired) electrons. The minimum absolute atomic E-state index is 0.0781. The maximum atomic E-state index is 13.7. The highest BCUT2D eigenvalue weighted by atomic mass is 32.2. The van der Waals surface area contributed by atoms with E-state index < -0.39 is 11.6 Å². The van der Waals surface area contributed by atoms with Gasteiger partial charge in [-0.3, -0.25) is 0 Å². The van der Waals surface area contributed by atoms with Crippen molar-refractivity contribution < 1.29 is 8.78 Å². The third-order valence-corrected chi connectivity index (χ3v) is 4.25. The molecule has 88 valence electrons. The van der Waals surface area contributed by atoms with Gasteiger partial charge in [0.25, 0.3) is 0 Å². The number of nitrogens with one attached hydrogen (secondary N) is 1. The molecule has 1 aromatic rings. The van der Waals surface area contributed by atoms with E-state index in [1.807, 2.05) is 11.8 Å². The van der Waals surface area contributed by atoms with Crippen LogP contribution < -0.4 is 5.32 Å². The number of hydrogen-bond donors (Lipinski definition) is 1. The smallest absolute Gasteiger partial charge is 0.163 e. The van der Waals surface area contributed by atoms with E-state index in [1.54, 1.807) is 19.2 Å². The maximum Gasteiger partial charge on any atom is 0.163 e. The van der Waals surface area contributed by atoms with Crippen LogP contribution in [0.15, 0.2) is 18.2 Å². The molecule has 0 aromatic heterocycles. The van der Waals surface area contributed by atoms with Crippen LogP contribution in [0.1, 0.15) is 18.0 Å². The van der Waals surface area contributed by atoms with Crippen LogP contribution in [-0.2, 0) is 0 Å². The molecular weight excluding hydrogens is 228 g/mol. The normalized spacial score (nSPS) is 22.3. The molecule has 2 atom stereocenters. The molecule has 1 heterocycles. The zero-order valence-corrected chi connectivity index (χ0v) is 9.99. The zero-order chi connectivity index (χ0) is 11.5. The van der Waals surface area contributed by atoms with Crippen LogP contribution in [0.3, 0.4) is 0 Å². The van der Waals surface area contributed by atoms with Crippen molar-refractivity contribution in [2.24, 2.45) is 5.92 Å². The van der Waals surface area contributed by atoms with Crippen molar-refractivity contribution >= 4 is 11.8 Å². The van der Waals surface area contributed by atoms with Gasteiger partial charge in [0.1, 0.15) is 0 Å². The van der Waals surface area contributed by atoms with Gasteiger partial charge in [0.2, 0.25) is 0 Å². The van der Waals surface area contributed by atoms with E-state index in [0.717, 1.165) is 24.0 Å². The summed E-state index contributed by atoms with van der Waals surface area (Å²) in [4.78, 5) is 0. The quantitative estimate of drug-likeness (QED) is 0.876. The van der Waals surface area contributed by atoms with Crippen molar-refractivity contribution in [1.82, 2.24) is 5.32 Å². The lowest BCUT2D eigenvalue weighted by Crippen LogP contribution is -2.26. The molecule has 0 saturated carbocycles. The number of hydrogen-bond acceptors (Lipinski definition) is 2. The highest BCUT2D eigenvalue weighted by Gasteiger charge is 2.28. The minimum Gasteiger partial charge on any atom is -0.313 e. The summed E-state index contributed by atoms with van der Waals surface area (Å²) in [5.74, 6) is 1.05. The summed E-state index contributed by atoms with van der Waals surface area (Å²) in [5.41, 5.74) is 0.454. The molecule has 4 heteroatoms. The molecule has 1 nitrogen and oxygen atoms in total. The summed E-state index contributed by atoms with van der Waals surface area (Å²) < 4.78 is 26.8. The Morgan fingerprint density at radius 2 is 2.25 bits per heavy atom. The molecule has 1 aliphatic rings. The van der Waals surface area contributed by atoms with Crippen LogP contribution in [0.4, 0.5) is 8.78 Å². The van der Waals surface area contributed by atoms with Gasteiger partial charge >= 0.3 is 0 Å². The molecule has 1 N–H and O–H groups in total. The monoisotopic (exact) mass is 243 g/mol. The van der Waals surface area contributed by atoms with E-state index in [9.17, 15) is 8.78 Å². The fourth-order valence-electron chi connectivity index (χ4n) is 2.22. The second kappa shape index (κ2) is 5.15. The Morgan fingerprint density at radius 1 is 1.44 bits per heavy atom. The van der Waals surface area contributed by atoms with Crippen molar-refractivity contribution in [2.75, 3.05) is 18.6 Å². The largest absolute Gasteiger partial charge is 0.313 e. The Kier molecular flexibility index (Phi) is 3.82. The highest BCUT2D eigenvalue weighted by Crippen LogP contribution is 2.35. The van der Waals surface area contributed by atoms with E-state index in [2.05, 4.69) is 5.32 Å². The van der Waals surface area contributed by atoms with Crippen molar-refractivity contribution in [1.29, 1.82) is 0 Å². The Labute approximate surface area is 98.6 Å². The molecule has 1 aliphatic heterocycles. The first-order chi connectivity index (χ1) is 7.74. The van der Waals surface area contributed by atoms with Gasteiger partial charge in [-0.2, -0.15) is 11.8 Å². The Bertz CT molecular complexity index is 364. The fourth-order valence-corrected chi connectivity index (χ4v) is 3.52. The van der Waals surface area contributed by atoms with E-state index in [4.69, 9.17) is 0 Å². The maximum absolute atomic E-state index is 13.7. The van der Waals surface area contributed by atoms with E-state index in [1.165, 1.54) is 0 Å². The lowest BCUT2D eigenvalue weighted by Gasteiger charge is -2.23. The van der Waals surface area contributed by atoms with Crippen molar-refractivity contribution in [3.8, 4) is 0 Å². The molecule has 16 heavy (non-hydrogen) atoms. The molecule has 0 amide bonds. The number of halogens is 2. The van der Waals surface area contributed by atoms with Crippen molar-refractivity contribution in [3.05, 3.63) is 35.4 Å². The lowest BCUT2D eigenvalue weighted by molar-refractivity contribution is 0.394. The average molecular weight is 243 g/mol. The average Bonchev–Trinajstić information content (AvgIpc) is 2.79. The molecule has 1 saturated heterocycles. The first-order valence-corrected chi connectivity index (χ1v) is 6.58. The molecule has 2 rings (SSSR count). The second-order valence-corrected chi connectivity index (χ2v) is 5.18. The third kappa shape index (κ3) is 2.23. The molecule has 1 aromatic carbocycles. The standard InChI is InChI=1S/C12H15F2NS/c1-15-12(8-5-6-16-7-8)9-3-2-4-10(13)11(9)14/h2-4,8,12,15H,5-7H2,1H3. The number of thioether (sulfide) groups is 1.